The highest BCUT2D eigenvalue weighted by Crippen LogP contribution is 2.25. The molecule has 41 heavy (non-hydrogen) atoms. The summed E-state index contributed by atoms with van der Waals surface area (Å²) in [6, 6.07) is 24.9. The molecular weight excluding hydrogens is 516 g/mol. The molecule has 3 N–H and O–H groups in total. The molecule has 0 heterocycles. The van der Waals surface area contributed by atoms with E-state index < -0.39 is 23.8 Å². The average Bonchev–Trinajstić information content (AvgIpc) is 3.00. The Balaban J connectivity index is 1.76. The van der Waals surface area contributed by atoms with Gasteiger partial charge in [0.1, 0.15) is 11.8 Å². The standard InChI is InChI=1S/C34H42N2O5/c1-4-5-9-29(34(39)40)23-28(19-14-24-12-17-27(18-13-24)26-10-7-6-8-11-26)32(37)36-31(33(38)35-2)22-25-15-20-30(41-3)21-16-25/h6-8,10-13,15-18,20-21,28-29,31H,4-5,9,14,19,22-23H2,1-3H3,(H,35,38)(H,36,37)(H,39,40)/t28-,29+,31-/m0/s1. The second-order valence-corrected chi connectivity index (χ2v) is 10.4. The Hall–Kier alpha value is -4.13. The number of unbranched alkanes of at least 4 members (excludes halogenated alkanes) is 1. The summed E-state index contributed by atoms with van der Waals surface area (Å²) in [6.45, 7) is 2.02. The van der Waals surface area contributed by atoms with Gasteiger partial charge in [-0.05, 0) is 60.1 Å². The number of ether oxygens (including phenoxy) is 1. The zero-order valence-electron chi connectivity index (χ0n) is 24.3. The summed E-state index contributed by atoms with van der Waals surface area (Å²) in [6.07, 6.45) is 3.82. The fraction of sp³-hybridized carbons (Fsp3) is 0.382. The number of amides is 2. The maximum Gasteiger partial charge on any atom is 0.306 e. The summed E-state index contributed by atoms with van der Waals surface area (Å²) >= 11 is 0. The summed E-state index contributed by atoms with van der Waals surface area (Å²) in [7, 11) is 3.13. The van der Waals surface area contributed by atoms with Gasteiger partial charge in [0.05, 0.1) is 13.0 Å². The van der Waals surface area contributed by atoms with E-state index in [9.17, 15) is 19.5 Å². The number of hydrogen-bond acceptors (Lipinski definition) is 4. The van der Waals surface area contributed by atoms with Crippen molar-refractivity contribution in [3.63, 3.8) is 0 Å². The summed E-state index contributed by atoms with van der Waals surface area (Å²) < 4.78 is 5.22. The smallest absolute Gasteiger partial charge is 0.306 e. The fourth-order valence-electron chi connectivity index (χ4n) is 5.00. The van der Waals surface area contributed by atoms with Crippen molar-refractivity contribution in [2.24, 2.45) is 11.8 Å². The molecule has 0 aromatic heterocycles. The van der Waals surface area contributed by atoms with E-state index in [1.54, 1.807) is 7.11 Å². The number of aliphatic carboxylic acids is 1. The third-order valence-electron chi connectivity index (χ3n) is 7.52. The van der Waals surface area contributed by atoms with Crippen molar-refractivity contribution in [2.75, 3.05) is 14.2 Å². The van der Waals surface area contributed by atoms with Crippen LogP contribution >= 0.6 is 0 Å². The summed E-state index contributed by atoms with van der Waals surface area (Å²) in [4.78, 5) is 38.5. The molecule has 3 aromatic rings. The SMILES string of the molecule is CCCC[C@H](C[C@H](CCc1ccc(-c2ccccc2)cc1)C(=O)N[C@@H](Cc1ccc(OC)cc1)C(=O)NC)C(=O)O. The Bertz CT molecular complexity index is 1240. The lowest BCUT2D eigenvalue weighted by Crippen LogP contribution is -2.49. The van der Waals surface area contributed by atoms with Crippen LogP contribution < -0.4 is 15.4 Å². The molecule has 3 aromatic carbocycles. The summed E-state index contributed by atoms with van der Waals surface area (Å²) in [5.74, 6) is -1.94. The Morgan fingerprint density at radius 2 is 1.44 bits per heavy atom. The summed E-state index contributed by atoms with van der Waals surface area (Å²) in [5.41, 5.74) is 4.19. The van der Waals surface area contributed by atoms with Gasteiger partial charge in [-0.1, -0.05) is 86.5 Å². The van der Waals surface area contributed by atoms with Gasteiger partial charge in [-0.15, -0.1) is 0 Å². The second-order valence-electron chi connectivity index (χ2n) is 10.4. The van der Waals surface area contributed by atoms with Gasteiger partial charge < -0.3 is 20.5 Å². The first-order chi connectivity index (χ1) is 19.8. The number of carboxylic acids is 1. The van der Waals surface area contributed by atoms with Crippen molar-refractivity contribution in [1.29, 1.82) is 0 Å². The molecular formula is C34H42N2O5. The molecule has 0 spiro atoms. The van der Waals surface area contributed by atoms with Crippen LogP contribution in [0.3, 0.4) is 0 Å². The quantitative estimate of drug-likeness (QED) is 0.210. The number of carbonyl (C=O) groups excluding carboxylic acids is 2. The lowest BCUT2D eigenvalue weighted by atomic mass is 9.86. The number of rotatable bonds is 16. The molecule has 0 radical (unpaired) electrons. The minimum atomic E-state index is -0.885. The van der Waals surface area contributed by atoms with Crippen molar-refractivity contribution in [1.82, 2.24) is 10.6 Å². The van der Waals surface area contributed by atoms with Crippen molar-refractivity contribution < 1.29 is 24.2 Å². The van der Waals surface area contributed by atoms with Gasteiger partial charge >= 0.3 is 5.97 Å². The molecule has 2 amide bonds. The minimum absolute atomic E-state index is 0.228. The highest BCUT2D eigenvalue weighted by atomic mass is 16.5. The van der Waals surface area contributed by atoms with Crippen LogP contribution in [0.1, 0.15) is 50.2 Å². The van der Waals surface area contributed by atoms with Crippen LogP contribution in [0.5, 0.6) is 5.75 Å². The Morgan fingerprint density at radius 3 is 2.02 bits per heavy atom. The van der Waals surface area contributed by atoms with Crippen LogP contribution in [0.15, 0.2) is 78.9 Å². The van der Waals surface area contributed by atoms with Crippen LogP contribution in [-0.2, 0) is 27.2 Å². The van der Waals surface area contributed by atoms with Gasteiger partial charge in [0.2, 0.25) is 11.8 Å². The molecule has 7 nitrogen and oxygen atoms in total. The number of nitrogens with one attached hydrogen (secondary N) is 2. The van der Waals surface area contributed by atoms with Gasteiger partial charge in [0, 0.05) is 19.4 Å². The number of benzene rings is 3. The number of carbonyl (C=O) groups is 3. The molecule has 0 aliphatic rings. The van der Waals surface area contributed by atoms with Gasteiger partial charge in [-0.25, -0.2) is 0 Å². The number of aryl methyl sites for hydroxylation is 1. The van der Waals surface area contributed by atoms with Crippen molar-refractivity contribution >= 4 is 17.8 Å². The number of likely N-dealkylation sites (N-methyl/N-ethyl adjacent to an activating group) is 1. The molecule has 0 aliphatic carbocycles. The van der Waals surface area contributed by atoms with Crippen molar-refractivity contribution in [3.8, 4) is 16.9 Å². The fourth-order valence-corrected chi connectivity index (χ4v) is 5.00. The van der Waals surface area contributed by atoms with E-state index >= 15 is 0 Å². The summed E-state index contributed by atoms with van der Waals surface area (Å²) in [5, 5.41) is 15.5. The van der Waals surface area contributed by atoms with Gasteiger partial charge in [-0.2, -0.15) is 0 Å². The highest BCUT2D eigenvalue weighted by Gasteiger charge is 2.30. The Labute approximate surface area is 243 Å². The van der Waals surface area contributed by atoms with Crippen LogP contribution in [0.2, 0.25) is 0 Å². The van der Waals surface area contributed by atoms with Crippen LogP contribution in [0.25, 0.3) is 11.1 Å². The second kappa shape index (κ2) is 16.2. The van der Waals surface area contributed by atoms with Crippen molar-refractivity contribution in [2.45, 2.75) is 57.9 Å². The number of methoxy groups -OCH3 is 1. The molecule has 0 unspecified atom stereocenters. The van der Waals surface area contributed by atoms with Gasteiger partial charge in [0.15, 0.2) is 0 Å². The molecule has 0 saturated carbocycles. The zero-order chi connectivity index (χ0) is 29.6. The van der Waals surface area contributed by atoms with E-state index in [2.05, 4.69) is 47.0 Å². The predicted molar refractivity (Wildman–Crippen MR) is 162 cm³/mol. The van der Waals surface area contributed by atoms with Crippen LogP contribution in [-0.4, -0.2) is 43.1 Å². The molecule has 218 valence electrons. The van der Waals surface area contributed by atoms with Gasteiger partial charge in [-0.3, -0.25) is 14.4 Å². The van der Waals surface area contributed by atoms with E-state index in [-0.39, 0.29) is 18.2 Å². The minimum Gasteiger partial charge on any atom is -0.497 e. The maximum absolute atomic E-state index is 13.7. The van der Waals surface area contributed by atoms with E-state index in [1.165, 1.54) is 7.05 Å². The van der Waals surface area contributed by atoms with Crippen molar-refractivity contribution in [3.05, 3.63) is 90.0 Å². The first-order valence-electron chi connectivity index (χ1n) is 14.4. The number of carboxylic acid groups (broad SMARTS) is 1. The van der Waals surface area contributed by atoms with E-state index in [0.717, 1.165) is 35.1 Å². The first-order valence-corrected chi connectivity index (χ1v) is 14.4. The van der Waals surface area contributed by atoms with Crippen LogP contribution in [0, 0.1) is 11.8 Å². The van der Waals surface area contributed by atoms with E-state index in [4.69, 9.17) is 4.74 Å². The molecule has 0 aliphatic heterocycles. The molecule has 3 atom stereocenters. The largest absolute Gasteiger partial charge is 0.497 e. The third-order valence-corrected chi connectivity index (χ3v) is 7.52. The number of hydrogen-bond donors (Lipinski definition) is 3. The Kier molecular flexibility index (Phi) is 12.4. The van der Waals surface area contributed by atoms with E-state index in [0.29, 0.717) is 31.4 Å². The van der Waals surface area contributed by atoms with Gasteiger partial charge in [0.25, 0.3) is 0 Å². The first kappa shape index (κ1) is 31.4. The molecule has 0 bridgehead atoms. The average molecular weight is 559 g/mol. The third kappa shape index (κ3) is 9.78. The molecule has 7 heteroatoms. The molecule has 0 saturated heterocycles. The molecule has 0 fully saturated rings. The topological polar surface area (TPSA) is 105 Å². The Morgan fingerprint density at radius 1 is 0.805 bits per heavy atom. The maximum atomic E-state index is 13.7. The lowest BCUT2D eigenvalue weighted by molar-refractivity contribution is -0.143. The normalized spacial score (nSPS) is 13.0. The monoisotopic (exact) mass is 558 g/mol. The molecule has 3 rings (SSSR count). The zero-order valence-corrected chi connectivity index (χ0v) is 24.3. The van der Waals surface area contributed by atoms with E-state index in [1.807, 2.05) is 49.4 Å². The highest BCUT2D eigenvalue weighted by molar-refractivity contribution is 5.88. The van der Waals surface area contributed by atoms with Crippen LogP contribution in [0.4, 0.5) is 0 Å². The lowest BCUT2D eigenvalue weighted by Gasteiger charge is -2.24. The predicted octanol–water partition coefficient (Wildman–Crippen LogP) is 5.67.